The fraction of sp³-hybridized carbons (Fsp3) is 0.500. The summed E-state index contributed by atoms with van der Waals surface area (Å²) in [6, 6.07) is 2.05. The Morgan fingerprint density at radius 3 is 1.67 bits per heavy atom. The van der Waals surface area contributed by atoms with Gasteiger partial charge in [0.25, 0.3) is 0 Å². The van der Waals surface area contributed by atoms with E-state index in [1.807, 2.05) is 8.69 Å². The zero-order chi connectivity index (χ0) is 10.7. The first-order valence-electron chi connectivity index (χ1n) is 5.03. The molecule has 2 rings (SSSR count). The monoisotopic (exact) mass is 222 g/mol. The molecule has 0 atom stereocenters. The van der Waals surface area contributed by atoms with Crippen LogP contribution >= 0.6 is 0 Å². The van der Waals surface area contributed by atoms with Crippen molar-refractivity contribution in [2.45, 2.75) is 25.9 Å². The highest BCUT2D eigenvalue weighted by Gasteiger charge is 2.37. The van der Waals surface area contributed by atoms with Gasteiger partial charge in [-0.05, 0) is 12.1 Å². The Kier molecular flexibility index (Phi) is 2.63. The van der Waals surface area contributed by atoms with Crippen molar-refractivity contribution in [1.82, 2.24) is 28.9 Å². The Labute approximate surface area is 89.1 Å². The van der Waals surface area contributed by atoms with E-state index < -0.39 is 8.40 Å². The molecule has 15 heavy (non-hydrogen) atoms. The first-order chi connectivity index (χ1) is 7.33. The molecule has 2 aromatic rings. The van der Waals surface area contributed by atoms with E-state index in [-0.39, 0.29) is 0 Å². The topological polar surface area (TPSA) is 61.4 Å². The summed E-state index contributed by atoms with van der Waals surface area (Å²) in [5.74, 6) is 0. The van der Waals surface area contributed by atoms with Crippen LogP contribution in [0.15, 0.2) is 25.3 Å². The lowest BCUT2D eigenvalue weighted by molar-refractivity contribution is 0.784. The van der Waals surface area contributed by atoms with Crippen LogP contribution in [0.4, 0.5) is 0 Å². The van der Waals surface area contributed by atoms with Gasteiger partial charge in [0.15, 0.2) is 0 Å². The number of hydrogen-bond acceptors (Lipinski definition) is 4. The van der Waals surface area contributed by atoms with Gasteiger partial charge in [0.2, 0.25) is 0 Å². The zero-order valence-corrected chi connectivity index (χ0v) is 9.91. The van der Waals surface area contributed by atoms with Crippen molar-refractivity contribution in [3.8, 4) is 0 Å². The molecule has 0 aromatic carbocycles. The summed E-state index contributed by atoms with van der Waals surface area (Å²) < 4.78 is 3.95. The van der Waals surface area contributed by atoms with E-state index in [1.54, 1.807) is 25.3 Å². The normalized spacial score (nSPS) is 11.9. The maximum atomic E-state index is 4.27. The average Bonchev–Trinajstić information content (AvgIpc) is 2.92. The Hall–Kier alpha value is -1.50. The Morgan fingerprint density at radius 1 is 0.933 bits per heavy atom. The first kappa shape index (κ1) is 10.0. The van der Waals surface area contributed by atoms with E-state index in [0.29, 0.717) is 0 Å². The lowest BCUT2D eigenvalue weighted by Crippen LogP contribution is -2.50. The quantitative estimate of drug-likeness (QED) is 0.716. The summed E-state index contributed by atoms with van der Waals surface area (Å²) in [6.07, 6.45) is 6.70. The summed E-state index contributed by atoms with van der Waals surface area (Å²) in [4.78, 5) is 8.04. The molecule has 2 heterocycles. The number of rotatable bonds is 4. The molecule has 0 saturated carbocycles. The molecule has 7 heteroatoms. The van der Waals surface area contributed by atoms with Crippen LogP contribution in [0.2, 0.25) is 12.1 Å². The second kappa shape index (κ2) is 3.93. The molecule has 0 aliphatic rings. The molecule has 0 radical (unpaired) electrons. The largest absolute Gasteiger partial charge is 0.312 e. The Morgan fingerprint density at radius 2 is 1.40 bits per heavy atom. The summed E-state index contributed by atoms with van der Waals surface area (Å²) in [5.41, 5.74) is 0. The van der Waals surface area contributed by atoms with Crippen LogP contribution in [0.1, 0.15) is 13.8 Å². The van der Waals surface area contributed by atoms with Crippen LogP contribution in [-0.4, -0.2) is 37.3 Å². The number of hydrogen-bond donors (Lipinski definition) is 0. The van der Waals surface area contributed by atoms with Crippen LogP contribution in [0.3, 0.4) is 0 Å². The van der Waals surface area contributed by atoms with E-state index in [0.717, 1.165) is 12.1 Å². The van der Waals surface area contributed by atoms with E-state index >= 15 is 0 Å². The van der Waals surface area contributed by atoms with Gasteiger partial charge in [-0.15, -0.1) is 0 Å². The first-order valence-corrected chi connectivity index (χ1v) is 7.34. The number of aromatic nitrogens is 6. The molecule has 80 valence electrons. The van der Waals surface area contributed by atoms with Crippen molar-refractivity contribution in [2.24, 2.45) is 0 Å². The van der Waals surface area contributed by atoms with Gasteiger partial charge in [0.05, 0.1) is 0 Å². The van der Waals surface area contributed by atoms with Crippen LogP contribution in [0, 0.1) is 0 Å². The fourth-order valence-electron chi connectivity index (χ4n) is 1.85. The molecule has 6 nitrogen and oxygen atoms in total. The van der Waals surface area contributed by atoms with E-state index in [1.165, 1.54) is 0 Å². The second-order valence-corrected chi connectivity index (χ2v) is 7.67. The minimum absolute atomic E-state index is 1.02. The van der Waals surface area contributed by atoms with Crippen molar-refractivity contribution in [3.05, 3.63) is 25.3 Å². The standard InChI is InChI=1S/C8H14N6Si/c1-3-15(4-2,13-7-9-5-11-13)14-8-10-6-12-14/h5-8H,3-4H2,1-2H3. The summed E-state index contributed by atoms with van der Waals surface area (Å²) in [6.45, 7) is 4.33. The molecule has 0 saturated heterocycles. The van der Waals surface area contributed by atoms with Crippen molar-refractivity contribution in [3.63, 3.8) is 0 Å². The molecule has 2 aromatic heterocycles. The van der Waals surface area contributed by atoms with Crippen molar-refractivity contribution >= 4 is 8.40 Å². The summed E-state index contributed by atoms with van der Waals surface area (Å²) in [7, 11) is -1.91. The van der Waals surface area contributed by atoms with Crippen molar-refractivity contribution in [1.29, 1.82) is 0 Å². The van der Waals surface area contributed by atoms with Gasteiger partial charge >= 0.3 is 8.40 Å². The average molecular weight is 222 g/mol. The summed E-state index contributed by atoms with van der Waals surface area (Å²) in [5, 5.41) is 8.53. The molecule has 0 unspecified atom stereocenters. The highest BCUT2D eigenvalue weighted by Crippen LogP contribution is 2.17. The molecular formula is C8H14N6Si. The van der Waals surface area contributed by atoms with E-state index in [9.17, 15) is 0 Å². The number of nitrogens with zero attached hydrogens (tertiary/aromatic N) is 6. The van der Waals surface area contributed by atoms with Crippen LogP contribution in [0.5, 0.6) is 0 Å². The van der Waals surface area contributed by atoms with Gasteiger partial charge in [-0.3, -0.25) is 8.69 Å². The van der Waals surface area contributed by atoms with Gasteiger partial charge in [0, 0.05) is 0 Å². The molecule has 0 amide bonds. The third-order valence-electron chi connectivity index (χ3n) is 2.82. The van der Waals surface area contributed by atoms with E-state index in [2.05, 4.69) is 34.0 Å². The Bertz CT molecular complexity index is 354. The maximum absolute atomic E-state index is 4.27. The summed E-state index contributed by atoms with van der Waals surface area (Å²) >= 11 is 0. The third-order valence-corrected chi connectivity index (χ3v) is 7.26. The minimum Gasteiger partial charge on any atom is -0.259 e. The lowest BCUT2D eigenvalue weighted by Gasteiger charge is -2.27. The molecule has 0 spiro atoms. The molecular weight excluding hydrogens is 208 g/mol. The smallest absolute Gasteiger partial charge is 0.259 e. The van der Waals surface area contributed by atoms with Crippen LogP contribution in [-0.2, 0) is 0 Å². The molecule has 0 aliphatic heterocycles. The SMILES string of the molecule is CC[Si](CC)(n1cncn1)n1cncn1. The van der Waals surface area contributed by atoms with Gasteiger partial charge in [-0.2, -0.15) is 10.2 Å². The Balaban J connectivity index is 2.50. The zero-order valence-electron chi connectivity index (χ0n) is 8.91. The maximum Gasteiger partial charge on any atom is 0.312 e. The molecule has 0 fully saturated rings. The van der Waals surface area contributed by atoms with Gasteiger partial charge in [-0.25, -0.2) is 9.97 Å². The minimum atomic E-state index is -1.91. The molecule has 0 aliphatic carbocycles. The molecule has 0 bridgehead atoms. The van der Waals surface area contributed by atoms with Gasteiger partial charge in [-0.1, -0.05) is 13.8 Å². The highest BCUT2D eigenvalue weighted by atomic mass is 28.3. The second-order valence-electron chi connectivity index (χ2n) is 3.37. The predicted octanol–water partition coefficient (Wildman–Crippen LogP) is 0.748. The predicted molar refractivity (Wildman–Crippen MR) is 57.6 cm³/mol. The van der Waals surface area contributed by atoms with Crippen LogP contribution in [0.25, 0.3) is 0 Å². The van der Waals surface area contributed by atoms with Crippen LogP contribution < -0.4 is 0 Å². The van der Waals surface area contributed by atoms with Gasteiger partial charge < -0.3 is 0 Å². The van der Waals surface area contributed by atoms with Crippen molar-refractivity contribution in [2.75, 3.05) is 0 Å². The highest BCUT2D eigenvalue weighted by molar-refractivity contribution is 6.76. The van der Waals surface area contributed by atoms with Gasteiger partial charge in [0.1, 0.15) is 25.3 Å². The van der Waals surface area contributed by atoms with E-state index in [4.69, 9.17) is 0 Å². The third kappa shape index (κ3) is 1.48. The van der Waals surface area contributed by atoms with Crippen molar-refractivity contribution < 1.29 is 0 Å². The fourth-order valence-corrected chi connectivity index (χ4v) is 4.95. The molecule has 0 N–H and O–H groups in total. The lowest BCUT2D eigenvalue weighted by atomic mass is 10.9.